The maximum Gasteiger partial charge on any atom is 0.304 e. The maximum atomic E-state index is 12.5. The monoisotopic (exact) mass is 385 g/mol. The summed E-state index contributed by atoms with van der Waals surface area (Å²) in [6.07, 6.45) is 14.1. The first-order valence-electron chi connectivity index (χ1n) is 10.3. The number of carboxylic acids is 1. The van der Waals surface area contributed by atoms with Gasteiger partial charge in [-0.1, -0.05) is 57.6 Å². The molecule has 0 rings (SSSR count). The van der Waals surface area contributed by atoms with Crippen molar-refractivity contribution < 1.29 is 24.5 Å². The molecule has 2 N–H and O–H groups in total. The van der Waals surface area contributed by atoms with Crippen LogP contribution in [0.15, 0.2) is 12.2 Å². The van der Waals surface area contributed by atoms with Crippen molar-refractivity contribution in [1.29, 1.82) is 0 Å². The van der Waals surface area contributed by atoms with Gasteiger partial charge in [-0.05, 0) is 19.3 Å². The molecule has 6 nitrogen and oxygen atoms in total. The smallest absolute Gasteiger partial charge is 0.304 e. The van der Waals surface area contributed by atoms with E-state index in [1.807, 2.05) is 6.08 Å². The maximum absolute atomic E-state index is 12.5. The Morgan fingerprint density at radius 1 is 1.04 bits per heavy atom. The molecule has 0 radical (unpaired) electrons. The number of aliphatic carboxylic acids is 1. The highest BCUT2D eigenvalue weighted by atomic mass is 16.5. The number of carboxylic acid groups (broad SMARTS) is 1. The molecule has 1 atom stereocenters. The largest absolute Gasteiger partial charge is 0.481 e. The second kappa shape index (κ2) is 18.0. The van der Waals surface area contributed by atoms with Crippen molar-refractivity contribution >= 4 is 11.9 Å². The predicted molar refractivity (Wildman–Crippen MR) is 108 cm³/mol. The summed E-state index contributed by atoms with van der Waals surface area (Å²) < 4.78 is 5.16. The second-order valence-corrected chi connectivity index (χ2v) is 7.01. The van der Waals surface area contributed by atoms with Crippen molar-refractivity contribution in [1.82, 2.24) is 4.90 Å². The van der Waals surface area contributed by atoms with Crippen LogP contribution in [0.3, 0.4) is 0 Å². The summed E-state index contributed by atoms with van der Waals surface area (Å²) in [6.45, 7) is 3.12. The van der Waals surface area contributed by atoms with Crippen LogP contribution in [0.1, 0.15) is 71.1 Å². The van der Waals surface area contributed by atoms with Crippen molar-refractivity contribution in [3.63, 3.8) is 0 Å². The zero-order chi connectivity index (χ0) is 20.3. The van der Waals surface area contributed by atoms with E-state index in [0.717, 1.165) is 12.8 Å². The molecular formula is C21H39NO5. The van der Waals surface area contributed by atoms with Crippen molar-refractivity contribution in [3.8, 4) is 0 Å². The van der Waals surface area contributed by atoms with Crippen LogP contribution in [-0.4, -0.2) is 60.4 Å². The minimum Gasteiger partial charge on any atom is -0.481 e. The Bertz CT molecular complexity index is 411. The highest BCUT2D eigenvalue weighted by molar-refractivity contribution is 5.83. The lowest BCUT2D eigenvalue weighted by atomic mass is 9.99. The van der Waals surface area contributed by atoms with Gasteiger partial charge in [-0.2, -0.15) is 0 Å². The van der Waals surface area contributed by atoms with E-state index in [0.29, 0.717) is 19.6 Å². The minimum atomic E-state index is -0.959. The molecule has 0 aromatic carbocycles. The molecule has 27 heavy (non-hydrogen) atoms. The molecule has 1 unspecified atom stereocenters. The summed E-state index contributed by atoms with van der Waals surface area (Å²) in [5.41, 5.74) is 0. The number of unbranched alkanes of at least 4 members (excludes halogenated alkanes) is 7. The summed E-state index contributed by atoms with van der Waals surface area (Å²) in [4.78, 5) is 25.0. The highest BCUT2D eigenvalue weighted by Gasteiger charge is 2.23. The lowest BCUT2D eigenvalue weighted by molar-refractivity contribution is -0.144. The molecule has 0 spiro atoms. The average molecular weight is 386 g/mol. The number of hydrogen-bond acceptors (Lipinski definition) is 4. The van der Waals surface area contributed by atoms with Gasteiger partial charge < -0.3 is 19.8 Å². The lowest BCUT2D eigenvalue weighted by Gasteiger charge is -2.22. The molecule has 158 valence electrons. The number of amides is 1. The van der Waals surface area contributed by atoms with Gasteiger partial charge in [0.2, 0.25) is 5.91 Å². The number of carbonyl (C=O) groups is 2. The van der Waals surface area contributed by atoms with Crippen LogP contribution < -0.4 is 0 Å². The summed E-state index contributed by atoms with van der Waals surface area (Å²) in [6, 6.07) is 0. The second-order valence-electron chi connectivity index (χ2n) is 7.01. The fraction of sp³-hybridized carbons (Fsp3) is 0.810. The van der Waals surface area contributed by atoms with E-state index < -0.39 is 11.9 Å². The Morgan fingerprint density at radius 2 is 1.70 bits per heavy atom. The number of carbonyl (C=O) groups excluding carboxylic acids is 1. The van der Waals surface area contributed by atoms with Gasteiger partial charge in [-0.3, -0.25) is 9.59 Å². The first-order valence-corrected chi connectivity index (χ1v) is 10.3. The van der Waals surface area contributed by atoms with Crippen molar-refractivity contribution in [2.75, 3.05) is 33.4 Å². The van der Waals surface area contributed by atoms with E-state index in [4.69, 9.17) is 14.9 Å². The number of nitrogens with zero attached hydrogens (tertiary/aromatic N) is 1. The van der Waals surface area contributed by atoms with E-state index >= 15 is 0 Å². The number of allylic oxidation sites excluding steroid dienone is 2. The summed E-state index contributed by atoms with van der Waals surface area (Å²) in [7, 11) is 1.65. The minimum absolute atomic E-state index is 0.0527. The van der Waals surface area contributed by atoms with Gasteiger partial charge in [-0.15, -0.1) is 0 Å². The Hall–Kier alpha value is -1.40. The van der Waals surface area contributed by atoms with Crippen LogP contribution in [-0.2, 0) is 14.3 Å². The summed E-state index contributed by atoms with van der Waals surface area (Å²) >= 11 is 0. The van der Waals surface area contributed by atoms with E-state index in [2.05, 4.69) is 13.0 Å². The Balaban J connectivity index is 4.13. The molecule has 0 fully saturated rings. The molecule has 0 aromatic rings. The van der Waals surface area contributed by atoms with E-state index in [1.165, 1.54) is 43.4 Å². The molecule has 6 heteroatoms. The Kier molecular flexibility index (Phi) is 17.1. The van der Waals surface area contributed by atoms with E-state index in [1.54, 1.807) is 7.05 Å². The fourth-order valence-corrected chi connectivity index (χ4v) is 2.87. The predicted octanol–water partition coefficient (Wildman–Crippen LogP) is 3.63. The normalized spacial score (nSPS) is 12.4. The molecule has 0 bridgehead atoms. The summed E-state index contributed by atoms with van der Waals surface area (Å²) in [5, 5.41) is 17.7. The quantitative estimate of drug-likeness (QED) is 0.278. The van der Waals surface area contributed by atoms with Crippen LogP contribution in [0.4, 0.5) is 0 Å². The number of aliphatic hydroxyl groups is 1. The molecule has 1 amide bonds. The van der Waals surface area contributed by atoms with Gasteiger partial charge in [0.15, 0.2) is 0 Å². The SMILES string of the molecule is CCCCCCCCC/C=C/CC(CC(=O)O)C(=O)N(C)CCOCCO. The number of hydrogen-bond donors (Lipinski definition) is 2. The molecule has 0 heterocycles. The highest BCUT2D eigenvalue weighted by Crippen LogP contribution is 2.14. The molecule has 0 aliphatic carbocycles. The Morgan fingerprint density at radius 3 is 2.33 bits per heavy atom. The number of aliphatic hydroxyl groups excluding tert-OH is 1. The van der Waals surface area contributed by atoms with E-state index in [-0.39, 0.29) is 25.5 Å². The van der Waals surface area contributed by atoms with Crippen LogP contribution in [0.2, 0.25) is 0 Å². The molecule has 0 saturated heterocycles. The van der Waals surface area contributed by atoms with Crippen molar-refractivity contribution in [2.45, 2.75) is 71.1 Å². The van der Waals surface area contributed by atoms with Crippen molar-refractivity contribution in [2.24, 2.45) is 5.92 Å². The third-order valence-electron chi connectivity index (χ3n) is 4.51. The molecule has 0 aliphatic heterocycles. The van der Waals surface area contributed by atoms with Crippen LogP contribution in [0, 0.1) is 5.92 Å². The Labute approximate surface area is 164 Å². The molecule has 0 aliphatic rings. The number of likely N-dealkylation sites (N-methyl/N-ethyl adjacent to an activating group) is 1. The number of rotatable bonds is 18. The standard InChI is InChI=1S/C21H39NO5/c1-3-4-5-6-7-8-9-10-11-12-13-19(18-20(24)25)21(26)22(2)14-16-27-17-15-23/h11-12,19,23H,3-10,13-18H2,1-2H3,(H,24,25)/b12-11+. The van der Waals surface area contributed by atoms with Crippen LogP contribution in [0.5, 0.6) is 0 Å². The van der Waals surface area contributed by atoms with Gasteiger partial charge in [0, 0.05) is 13.6 Å². The zero-order valence-electron chi connectivity index (χ0n) is 17.2. The van der Waals surface area contributed by atoms with Crippen LogP contribution >= 0.6 is 0 Å². The van der Waals surface area contributed by atoms with Gasteiger partial charge in [0.05, 0.1) is 32.2 Å². The van der Waals surface area contributed by atoms with Gasteiger partial charge >= 0.3 is 5.97 Å². The summed E-state index contributed by atoms with van der Waals surface area (Å²) in [5.74, 6) is -1.68. The molecule has 0 aromatic heterocycles. The van der Waals surface area contributed by atoms with Gasteiger partial charge in [0.1, 0.15) is 0 Å². The van der Waals surface area contributed by atoms with Crippen LogP contribution in [0.25, 0.3) is 0 Å². The van der Waals surface area contributed by atoms with Crippen molar-refractivity contribution in [3.05, 3.63) is 12.2 Å². The topological polar surface area (TPSA) is 87.1 Å². The van der Waals surface area contributed by atoms with E-state index in [9.17, 15) is 9.59 Å². The third-order valence-corrected chi connectivity index (χ3v) is 4.51. The first kappa shape index (κ1) is 25.6. The molecule has 0 saturated carbocycles. The average Bonchev–Trinajstić information content (AvgIpc) is 2.64. The first-order chi connectivity index (χ1) is 13.0. The third kappa shape index (κ3) is 15.4. The number of ether oxygens (including phenoxy) is 1. The van der Waals surface area contributed by atoms with Gasteiger partial charge in [-0.25, -0.2) is 0 Å². The van der Waals surface area contributed by atoms with Gasteiger partial charge in [0.25, 0.3) is 0 Å². The molecular weight excluding hydrogens is 346 g/mol. The fourth-order valence-electron chi connectivity index (χ4n) is 2.87. The zero-order valence-corrected chi connectivity index (χ0v) is 17.2. The lowest BCUT2D eigenvalue weighted by Crippen LogP contribution is -2.36.